The average molecular weight is 493 g/mol. The van der Waals surface area contributed by atoms with Crippen molar-refractivity contribution in [1.82, 2.24) is 10.3 Å². The third-order valence-corrected chi connectivity index (χ3v) is 6.51. The van der Waals surface area contributed by atoms with Crippen molar-refractivity contribution >= 4 is 28.2 Å². The molecule has 2 aliphatic heterocycles. The monoisotopic (exact) mass is 492 g/mol. The number of para-hydroxylation sites is 2. The Bertz CT molecular complexity index is 1180. The van der Waals surface area contributed by atoms with Crippen LogP contribution in [0.1, 0.15) is 49.2 Å². The summed E-state index contributed by atoms with van der Waals surface area (Å²) in [6, 6.07) is 13.9. The lowest BCUT2D eigenvalue weighted by Crippen LogP contribution is -2.43. The Morgan fingerprint density at radius 1 is 1.17 bits per heavy atom. The smallest absolute Gasteiger partial charge is 0.255 e. The van der Waals surface area contributed by atoms with E-state index in [-0.39, 0.29) is 18.0 Å². The van der Waals surface area contributed by atoms with E-state index >= 15 is 0 Å². The second-order valence-electron chi connectivity index (χ2n) is 8.86. The summed E-state index contributed by atoms with van der Waals surface area (Å²) in [4.78, 5) is 20.1. The van der Waals surface area contributed by atoms with Crippen LogP contribution in [0, 0.1) is 0 Å². The fourth-order valence-electron chi connectivity index (χ4n) is 4.66. The van der Waals surface area contributed by atoms with E-state index < -0.39 is 0 Å². The number of morpholine rings is 1. The van der Waals surface area contributed by atoms with Gasteiger partial charge >= 0.3 is 0 Å². The minimum Gasteiger partial charge on any atom is -0.493 e. The average Bonchev–Trinajstić information content (AvgIpc) is 2.90. The number of ether oxygens (including phenoxy) is 3. The van der Waals surface area contributed by atoms with Gasteiger partial charge in [0.2, 0.25) is 0 Å². The Hall–Kier alpha value is -3.36. The van der Waals surface area contributed by atoms with Crippen molar-refractivity contribution in [2.45, 2.75) is 39.3 Å². The van der Waals surface area contributed by atoms with Gasteiger partial charge in [0.25, 0.3) is 5.91 Å². The first-order chi connectivity index (χ1) is 17.5. The molecule has 192 valence electrons. The van der Waals surface area contributed by atoms with Crippen molar-refractivity contribution in [3.63, 3.8) is 0 Å². The molecule has 2 aromatic carbocycles. The Kier molecular flexibility index (Phi) is 8.61. The first-order valence-electron chi connectivity index (χ1n) is 12.7. The minimum atomic E-state index is -0.223. The molecular weight excluding hydrogens is 456 g/mol. The molecule has 0 spiro atoms. The van der Waals surface area contributed by atoms with Crippen molar-refractivity contribution in [2.24, 2.45) is 0 Å². The van der Waals surface area contributed by atoms with Crippen LogP contribution in [0.4, 0.5) is 11.4 Å². The molecule has 2 aliphatic rings. The second kappa shape index (κ2) is 12.1. The second-order valence-corrected chi connectivity index (χ2v) is 8.86. The summed E-state index contributed by atoms with van der Waals surface area (Å²) in [6.07, 6.45) is 2.30. The number of carbonyl (C=O) groups excluding carboxylic acids is 1. The highest BCUT2D eigenvalue weighted by atomic mass is 16.5. The number of fused-ring (bicyclic) bond motifs is 2. The van der Waals surface area contributed by atoms with E-state index in [4.69, 9.17) is 19.9 Å². The zero-order chi connectivity index (χ0) is 25.5. The number of nitrogen functional groups attached to an aromatic ring is 1. The number of aromatic nitrogens is 1. The number of hydrogen-bond donors (Lipinski definition) is 2. The number of nitrogens with zero attached hydrogens (tertiary/aromatic N) is 2. The highest BCUT2D eigenvalue weighted by Crippen LogP contribution is 2.34. The Morgan fingerprint density at radius 2 is 1.97 bits per heavy atom. The molecule has 3 aromatic rings. The molecule has 0 aliphatic carbocycles. The quantitative estimate of drug-likeness (QED) is 0.547. The number of hydrogen-bond acceptors (Lipinski definition) is 7. The van der Waals surface area contributed by atoms with Crippen LogP contribution in [-0.4, -0.2) is 56.5 Å². The molecule has 0 unspecified atom stereocenters. The van der Waals surface area contributed by atoms with Crippen molar-refractivity contribution in [1.29, 1.82) is 0 Å². The predicted molar refractivity (Wildman–Crippen MR) is 143 cm³/mol. The number of pyridine rings is 1. The summed E-state index contributed by atoms with van der Waals surface area (Å²) in [6.45, 7) is 10.5. The molecule has 8 heteroatoms. The first kappa shape index (κ1) is 25.7. The molecule has 8 nitrogen and oxygen atoms in total. The lowest BCUT2D eigenvalue weighted by molar-refractivity contribution is 0.0925. The van der Waals surface area contributed by atoms with E-state index in [1.807, 2.05) is 50.2 Å². The molecule has 2 atom stereocenters. The third-order valence-electron chi connectivity index (χ3n) is 6.51. The zero-order valence-electron chi connectivity index (χ0n) is 21.3. The van der Waals surface area contributed by atoms with E-state index in [9.17, 15) is 4.79 Å². The van der Waals surface area contributed by atoms with Gasteiger partial charge in [0.1, 0.15) is 5.75 Å². The number of carbonyl (C=O) groups is 1. The van der Waals surface area contributed by atoms with Crippen LogP contribution in [0.15, 0.2) is 48.7 Å². The standard InChI is InChI=1S/C24H26N4O3.C4H10O/c1-15-14-30-12-10-28(15)20-7-4-6-17-22(25)18(13-26-23(17)20)24(29)27-19-9-11-31-21-8-3-2-5-16(19)21;1-3-5-4-2/h2-8,13,15,19H,9-12,14H2,1H3,(H2,25,26)(H,27,29);3-4H2,1-2H3/t15-,19-;/m0./s1. The van der Waals surface area contributed by atoms with E-state index in [2.05, 4.69) is 28.2 Å². The summed E-state index contributed by atoms with van der Waals surface area (Å²) in [5, 5.41) is 3.90. The number of nitrogens with one attached hydrogen (secondary N) is 1. The van der Waals surface area contributed by atoms with E-state index in [1.54, 1.807) is 6.20 Å². The Morgan fingerprint density at radius 3 is 2.72 bits per heavy atom. The van der Waals surface area contributed by atoms with Crippen LogP contribution in [0.3, 0.4) is 0 Å². The summed E-state index contributed by atoms with van der Waals surface area (Å²) in [5.41, 5.74) is 10.1. The number of nitrogens with two attached hydrogens (primary N) is 1. The molecular formula is C28H36N4O4. The number of amides is 1. The summed E-state index contributed by atoms with van der Waals surface area (Å²) in [7, 11) is 0. The van der Waals surface area contributed by atoms with Crippen LogP contribution in [-0.2, 0) is 9.47 Å². The fourth-order valence-corrected chi connectivity index (χ4v) is 4.66. The van der Waals surface area contributed by atoms with Gasteiger partial charge in [0.05, 0.1) is 48.3 Å². The van der Waals surface area contributed by atoms with Crippen molar-refractivity contribution < 1.29 is 19.0 Å². The van der Waals surface area contributed by atoms with Gasteiger partial charge in [-0.25, -0.2) is 0 Å². The van der Waals surface area contributed by atoms with Gasteiger partial charge in [0.15, 0.2) is 0 Å². The molecule has 3 heterocycles. The summed E-state index contributed by atoms with van der Waals surface area (Å²) in [5.74, 6) is 0.590. The maximum Gasteiger partial charge on any atom is 0.255 e. The van der Waals surface area contributed by atoms with Crippen LogP contribution < -0.4 is 20.7 Å². The van der Waals surface area contributed by atoms with Gasteiger partial charge in [-0.2, -0.15) is 0 Å². The molecule has 0 saturated carbocycles. The molecule has 5 rings (SSSR count). The van der Waals surface area contributed by atoms with Crippen LogP contribution in [0.2, 0.25) is 0 Å². The lowest BCUT2D eigenvalue weighted by atomic mass is 10.00. The molecule has 1 saturated heterocycles. The van der Waals surface area contributed by atoms with Crippen LogP contribution in [0.25, 0.3) is 10.9 Å². The van der Waals surface area contributed by atoms with E-state index in [0.717, 1.165) is 47.7 Å². The minimum absolute atomic E-state index is 0.118. The highest BCUT2D eigenvalue weighted by Gasteiger charge is 2.26. The normalized spacial score (nSPS) is 19.0. The maximum atomic E-state index is 13.1. The zero-order valence-corrected chi connectivity index (χ0v) is 21.3. The molecule has 1 aromatic heterocycles. The summed E-state index contributed by atoms with van der Waals surface area (Å²) < 4.78 is 16.1. The molecule has 0 radical (unpaired) electrons. The molecule has 0 bridgehead atoms. The third kappa shape index (κ3) is 5.55. The molecule has 1 amide bonds. The predicted octanol–water partition coefficient (Wildman–Crippen LogP) is 4.34. The van der Waals surface area contributed by atoms with E-state index in [0.29, 0.717) is 37.5 Å². The SMILES string of the molecule is CCOCC.C[C@H]1COCCN1c1cccc2c(N)c(C(=O)N[C@H]3CCOc4ccccc43)cnc12. The van der Waals surface area contributed by atoms with Crippen molar-refractivity contribution in [3.8, 4) is 5.75 Å². The van der Waals surface area contributed by atoms with Gasteiger partial charge in [-0.15, -0.1) is 0 Å². The largest absolute Gasteiger partial charge is 0.493 e. The van der Waals surface area contributed by atoms with Crippen molar-refractivity contribution in [3.05, 3.63) is 59.8 Å². The lowest BCUT2D eigenvalue weighted by Gasteiger charge is -2.35. The molecule has 36 heavy (non-hydrogen) atoms. The maximum absolute atomic E-state index is 13.1. The summed E-state index contributed by atoms with van der Waals surface area (Å²) >= 11 is 0. The van der Waals surface area contributed by atoms with E-state index in [1.165, 1.54) is 0 Å². The highest BCUT2D eigenvalue weighted by molar-refractivity contribution is 6.08. The van der Waals surface area contributed by atoms with Crippen molar-refractivity contribution in [2.75, 3.05) is 50.2 Å². The van der Waals surface area contributed by atoms with Gasteiger partial charge in [-0.05, 0) is 32.9 Å². The number of rotatable bonds is 5. The van der Waals surface area contributed by atoms with Gasteiger partial charge in [-0.1, -0.05) is 30.3 Å². The Labute approximate surface area is 212 Å². The van der Waals surface area contributed by atoms with Gasteiger partial charge in [0, 0.05) is 49.4 Å². The number of benzene rings is 2. The van der Waals surface area contributed by atoms with Crippen LogP contribution in [0.5, 0.6) is 5.75 Å². The van der Waals surface area contributed by atoms with Gasteiger partial charge in [-0.3, -0.25) is 9.78 Å². The van der Waals surface area contributed by atoms with Gasteiger partial charge < -0.3 is 30.2 Å². The Balaban J connectivity index is 0.000000556. The fraction of sp³-hybridized carbons (Fsp3) is 0.429. The van der Waals surface area contributed by atoms with Crippen LogP contribution >= 0.6 is 0 Å². The molecule has 3 N–H and O–H groups in total. The number of anilines is 2. The molecule has 1 fully saturated rings. The topological polar surface area (TPSA) is 98.9 Å². The first-order valence-corrected chi connectivity index (χ1v) is 12.7.